The fraction of sp³-hybridized carbons (Fsp3) is 0.130. The molecule has 0 fully saturated rings. The predicted octanol–water partition coefficient (Wildman–Crippen LogP) is 4.37. The third-order valence-electron chi connectivity index (χ3n) is 4.79. The second kappa shape index (κ2) is 7.56. The van der Waals surface area contributed by atoms with Gasteiger partial charge in [-0.15, -0.1) is 0 Å². The Morgan fingerprint density at radius 1 is 1.00 bits per heavy atom. The largest absolute Gasteiger partial charge is 0.497 e. The van der Waals surface area contributed by atoms with Gasteiger partial charge in [0.1, 0.15) is 18.1 Å². The van der Waals surface area contributed by atoms with Gasteiger partial charge in [0.25, 0.3) is 0 Å². The third kappa shape index (κ3) is 3.34. The quantitative estimate of drug-likeness (QED) is 0.523. The number of hydrogen-bond acceptors (Lipinski definition) is 3. The number of imidazole rings is 1. The Hall–Kier alpha value is -3.60. The van der Waals surface area contributed by atoms with Crippen LogP contribution in [0.2, 0.25) is 0 Å². The molecule has 0 radical (unpaired) electrons. The van der Waals surface area contributed by atoms with Gasteiger partial charge in [-0.25, -0.2) is 4.98 Å². The van der Waals surface area contributed by atoms with Crippen molar-refractivity contribution in [2.45, 2.75) is 6.54 Å². The molecule has 0 unspecified atom stereocenters. The topological polar surface area (TPSA) is 47.4 Å². The summed E-state index contributed by atoms with van der Waals surface area (Å²) in [5.41, 5.74) is 3.55. The lowest BCUT2D eigenvalue weighted by molar-refractivity contribution is -0.118. The molecule has 4 aromatic rings. The van der Waals surface area contributed by atoms with Crippen molar-refractivity contribution in [3.8, 4) is 17.1 Å². The first-order valence-corrected chi connectivity index (χ1v) is 9.08. The van der Waals surface area contributed by atoms with E-state index >= 15 is 0 Å². The van der Waals surface area contributed by atoms with Crippen LogP contribution in [0.15, 0.2) is 78.9 Å². The number of aromatic nitrogens is 2. The second-order valence-electron chi connectivity index (χ2n) is 6.53. The Balaban J connectivity index is 1.76. The second-order valence-corrected chi connectivity index (χ2v) is 6.53. The number of para-hydroxylation sites is 3. The van der Waals surface area contributed by atoms with Gasteiger partial charge >= 0.3 is 0 Å². The van der Waals surface area contributed by atoms with Crippen molar-refractivity contribution in [2.75, 3.05) is 19.1 Å². The average Bonchev–Trinajstić information content (AvgIpc) is 3.12. The van der Waals surface area contributed by atoms with Crippen LogP contribution in [0.25, 0.3) is 22.4 Å². The molecule has 0 aliphatic rings. The zero-order chi connectivity index (χ0) is 19.5. The summed E-state index contributed by atoms with van der Waals surface area (Å²) >= 11 is 0. The Morgan fingerprint density at radius 2 is 1.75 bits per heavy atom. The molecule has 4 rings (SSSR count). The number of methoxy groups -OCH3 is 1. The first-order chi connectivity index (χ1) is 13.7. The van der Waals surface area contributed by atoms with Crippen LogP contribution in [0.4, 0.5) is 5.69 Å². The molecule has 5 heteroatoms. The highest BCUT2D eigenvalue weighted by molar-refractivity contribution is 5.94. The van der Waals surface area contributed by atoms with E-state index in [9.17, 15) is 4.79 Å². The normalized spacial score (nSPS) is 10.8. The highest BCUT2D eigenvalue weighted by Crippen LogP contribution is 2.27. The first kappa shape index (κ1) is 17.8. The van der Waals surface area contributed by atoms with E-state index in [0.29, 0.717) is 0 Å². The van der Waals surface area contributed by atoms with Crippen LogP contribution >= 0.6 is 0 Å². The van der Waals surface area contributed by atoms with Gasteiger partial charge < -0.3 is 14.2 Å². The first-order valence-electron chi connectivity index (χ1n) is 9.08. The molecule has 1 aromatic heterocycles. The van der Waals surface area contributed by atoms with E-state index in [1.165, 1.54) is 0 Å². The van der Waals surface area contributed by atoms with Gasteiger partial charge in [-0.05, 0) is 36.4 Å². The van der Waals surface area contributed by atoms with E-state index < -0.39 is 0 Å². The molecule has 0 bridgehead atoms. The van der Waals surface area contributed by atoms with E-state index in [0.717, 1.165) is 33.9 Å². The number of benzene rings is 3. The van der Waals surface area contributed by atoms with Gasteiger partial charge in [0.15, 0.2) is 0 Å². The molecule has 0 spiro atoms. The van der Waals surface area contributed by atoms with Crippen molar-refractivity contribution >= 4 is 22.6 Å². The molecule has 0 aliphatic carbocycles. The van der Waals surface area contributed by atoms with Crippen LogP contribution in [-0.2, 0) is 11.3 Å². The SMILES string of the molecule is COc1cccc(-c2nc3ccccc3n2CC(=O)N(C)c2ccccc2)c1. The molecule has 0 N–H and O–H groups in total. The Morgan fingerprint density at radius 3 is 2.54 bits per heavy atom. The highest BCUT2D eigenvalue weighted by atomic mass is 16.5. The number of carbonyl (C=O) groups is 1. The van der Waals surface area contributed by atoms with Gasteiger partial charge in [-0.3, -0.25) is 4.79 Å². The summed E-state index contributed by atoms with van der Waals surface area (Å²) in [6.45, 7) is 0.193. The Labute approximate surface area is 163 Å². The fourth-order valence-electron chi connectivity index (χ4n) is 3.26. The summed E-state index contributed by atoms with van der Waals surface area (Å²) < 4.78 is 7.32. The molecule has 0 aliphatic heterocycles. The lowest BCUT2D eigenvalue weighted by atomic mass is 10.2. The van der Waals surface area contributed by atoms with Gasteiger partial charge in [0.2, 0.25) is 5.91 Å². The van der Waals surface area contributed by atoms with Crippen molar-refractivity contribution in [3.63, 3.8) is 0 Å². The van der Waals surface area contributed by atoms with E-state index in [-0.39, 0.29) is 12.5 Å². The number of fused-ring (bicyclic) bond motifs is 1. The molecule has 1 amide bonds. The van der Waals surface area contributed by atoms with E-state index in [1.807, 2.05) is 83.4 Å². The Bertz CT molecular complexity index is 1120. The van der Waals surface area contributed by atoms with Crippen LogP contribution in [0.3, 0.4) is 0 Å². The van der Waals surface area contributed by atoms with E-state index in [4.69, 9.17) is 9.72 Å². The summed E-state index contributed by atoms with van der Waals surface area (Å²) in [4.78, 5) is 19.5. The predicted molar refractivity (Wildman–Crippen MR) is 112 cm³/mol. The van der Waals surface area contributed by atoms with Crippen molar-refractivity contribution in [2.24, 2.45) is 0 Å². The maximum absolute atomic E-state index is 13.0. The van der Waals surface area contributed by atoms with Crippen LogP contribution < -0.4 is 9.64 Å². The maximum Gasteiger partial charge on any atom is 0.246 e. The van der Waals surface area contributed by atoms with E-state index in [1.54, 1.807) is 19.1 Å². The zero-order valence-electron chi connectivity index (χ0n) is 15.9. The average molecular weight is 371 g/mol. The number of likely N-dealkylation sites (N-methyl/N-ethyl adjacent to an activating group) is 1. The van der Waals surface area contributed by atoms with E-state index in [2.05, 4.69) is 0 Å². The number of ether oxygens (including phenoxy) is 1. The number of amides is 1. The molecular weight excluding hydrogens is 350 g/mol. The van der Waals surface area contributed by atoms with Gasteiger partial charge in [-0.1, -0.05) is 42.5 Å². The molecule has 28 heavy (non-hydrogen) atoms. The van der Waals surface area contributed by atoms with Gasteiger partial charge in [0.05, 0.1) is 18.1 Å². The number of rotatable bonds is 5. The number of nitrogens with zero attached hydrogens (tertiary/aromatic N) is 3. The van der Waals surface area contributed by atoms with Crippen LogP contribution in [0.5, 0.6) is 5.75 Å². The molecule has 0 saturated carbocycles. The van der Waals surface area contributed by atoms with Crippen LogP contribution in [-0.4, -0.2) is 29.6 Å². The highest BCUT2D eigenvalue weighted by Gasteiger charge is 2.18. The van der Waals surface area contributed by atoms with Gasteiger partial charge in [-0.2, -0.15) is 0 Å². The van der Waals surface area contributed by atoms with Crippen molar-refractivity contribution < 1.29 is 9.53 Å². The van der Waals surface area contributed by atoms with Crippen molar-refractivity contribution in [3.05, 3.63) is 78.9 Å². The molecule has 5 nitrogen and oxygen atoms in total. The Kier molecular flexibility index (Phi) is 4.81. The molecule has 0 saturated heterocycles. The van der Waals surface area contributed by atoms with Crippen molar-refractivity contribution in [1.29, 1.82) is 0 Å². The summed E-state index contributed by atoms with van der Waals surface area (Å²) in [6.07, 6.45) is 0. The molecule has 0 atom stereocenters. The molecule has 3 aromatic carbocycles. The summed E-state index contributed by atoms with van der Waals surface area (Å²) in [6, 6.07) is 25.2. The standard InChI is InChI=1S/C23H21N3O2/c1-25(18-10-4-3-5-11-18)22(27)16-26-21-14-7-6-13-20(21)24-23(26)17-9-8-12-19(15-17)28-2/h3-15H,16H2,1-2H3. The molecule has 1 heterocycles. The van der Waals surface area contributed by atoms with Gasteiger partial charge in [0, 0.05) is 18.3 Å². The lowest BCUT2D eigenvalue weighted by Gasteiger charge is -2.19. The summed E-state index contributed by atoms with van der Waals surface area (Å²) in [5.74, 6) is 1.48. The number of carbonyl (C=O) groups excluding carboxylic acids is 1. The monoisotopic (exact) mass is 371 g/mol. The third-order valence-corrected chi connectivity index (χ3v) is 4.79. The molecule has 140 valence electrons. The fourth-order valence-corrected chi connectivity index (χ4v) is 3.26. The smallest absolute Gasteiger partial charge is 0.246 e. The van der Waals surface area contributed by atoms with Crippen LogP contribution in [0, 0.1) is 0 Å². The van der Waals surface area contributed by atoms with Crippen LogP contribution in [0.1, 0.15) is 0 Å². The minimum Gasteiger partial charge on any atom is -0.497 e. The number of anilines is 1. The maximum atomic E-state index is 13.0. The summed E-state index contributed by atoms with van der Waals surface area (Å²) in [5, 5.41) is 0. The molecular formula is C23H21N3O2. The van der Waals surface area contributed by atoms with Crippen molar-refractivity contribution in [1.82, 2.24) is 9.55 Å². The lowest BCUT2D eigenvalue weighted by Crippen LogP contribution is -2.30. The summed E-state index contributed by atoms with van der Waals surface area (Å²) in [7, 11) is 3.43. The zero-order valence-corrected chi connectivity index (χ0v) is 15.9. The minimum absolute atomic E-state index is 0.0153. The minimum atomic E-state index is -0.0153. The number of hydrogen-bond donors (Lipinski definition) is 0.